The van der Waals surface area contributed by atoms with Crippen LogP contribution in [0.15, 0.2) is 10.7 Å². The zero-order valence-electron chi connectivity index (χ0n) is 12.1. The van der Waals surface area contributed by atoms with Crippen LogP contribution < -0.4 is 5.32 Å². The molecule has 0 fully saturated rings. The molecule has 4 nitrogen and oxygen atoms in total. The van der Waals surface area contributed by atoms with Gasteiger partial charge in [0.2, 0.25) is 0 Å². The van der Waals surface area contributed by atoms with Gasteiger partial charge in [-0.3, -0.25) is 0 Å². The van der Waals surface area contributed by atoms with Crippen LogP contribution in [0.1, 0.15) is 39.4 Å². The van der Waals surface area contributed by atoms with Crippen LogP contribution in [0.4, 0.5) is 5.82 Å². The topological polar surface area (TPSA) is 41.1 Å². The second-order valence-electron chi connectivity index (χ2n) is 5.65. The third-order valence-corrected chi connectivity index (χ3v) is 3.55. The van der Waals surface area contributed by atoms with Gasteiger partial charge in [-0.2, -0.15) is 0 Å². The van der Waals surface area contributed by atoms with Crippen molar-refractivity contribution in [3.05, 3.63) is 16.5 Å². The Bertz CT molecular complexity index is 402. The maximum Gasteiger partial charge on any atom is 0.134 e. The molecule has 0 radical (unpaired) electrons. The van der Waals surface area contributed by atoms with Crippen LogP contribution in [0, 0.1) is 0 Å². The Kier molecular flexibility index (Phi) is 5.10. The second kappa shape index (κ2) is 5.97. The van der Waals surface area contributed by atoms with Crippen LogP contribution >= 0.6 is 15.9 Å². The molecule has 0 unspecified atom stereocenters. The summed E-state index contributed by atoms with van der Waals surface area (Å²) in [4.78, 5) is 11.1. The number of nitrogens with one attached hydrogen (secondary N) is 1. The van der Waals surface area contributed by atoms with Gasteiger partial charge in [-0.15, -0.1) is 0 Å². The summed E-state index contributed by atoms with van der Waals surface area (Å²) in [6.45, 7) is 9.41. The summed E-state index contributed by atoms with van der Waals surface area (Å²) in [6, 6.07) is 1.91. The van der Waals surface area contributed by atoms with Gasteiger partial charge in [0, 0.05) is 24.1 Å². The van der Waals surface area contributed by atoms with Crippen molar-refractivity contribution in [3.8, 4) is 0 Å². The number of likely N-dealkylation sites (N-methyl/N-ethyl adjacent to an activating group) is 1. The molecule has 0 aromatic carbocycles. The number of nitrogens with zero attached hydrogens (tertiary/aromatic N) is 3. The first-order valence-electron chi connectivity index (χ1n) is 6.18. The van der Waals surface area contributed by atoms with Crippen LogP contribution in [0.25, 0.3) is 0 Å². The average molecular weight is 315 g/mol. The molecule has 0 bridgehead atoms. The van der Waals surface area contributed by atoms with Gasteiger partial charge in [-0.25, -0.2) is 9.97 Å². The van der Waals surface area contributed by atoms with Crippen LogP contribution in [0.3, 0.4) is 0 Å². The largest absolute Gasteiger partial charge is 0.368 e. The average Bonchev–Trinajstić information content (AvgIpc) is 2.25. The fourth-order valence-corrected chi connectivity index (χ4v) is 1.65. The molecular weight excluding hydrogens is 292 g/mol. The van der Waals surface area contributed by atoms with E-state index in [1.807, 2.05) is 6.07 Å². The van der Waals surface area contributed by atoms with E-state index < -0.39 is 0 Å². The molecule has 1 N–H and O–H groups in total. The molecule has 1 heterocycles. The van der Waals surface area contributed by atoms with Crippen molar-refractivity contribution in [1.29, 1.82) is 0 Å². The maximum atomic E-state index is 4.52. The van der Waals surface area contributed by atoms with Crippen molar-refractivity contribution in [2.45, 2.75) is 39.2 Å². The van der Waals surface area contributed by atoms with Crippen molar-refractivity contribution < 1.29 is 0 Å². The van der Waals surface area contributed by atoms with Gasteiger partial charge < -0.3 is 10.2 Å². The monoisotopic (exact) mass is 314 g/mol. The summed E-state index contributed by atoms with van der Waals surface area (Å²) >= 11 is 3.43. The molecule has 1 aromatic rings. The highest BCUT2D eigenvalue weighted by atomic mass is 79.9. The Balaban J connectivity index is 2.79. The predicted molar refractivity (Wildman–Crippen MR) is 80.1 cm³/mol. The van der Waals surface area contributed by atoms with Gasteiger partial charge in [0.15, 0.2) is 0 Å². The normalized spacial score (nSPS) is 12.3. The second-order valence-corrected chi connectivity index (χ2v) is 6.46. The van der Waals surface area contributed by atoms with Gasteiger partial charge >= 0.3 is 0 Å². The van der Waals surface area contributed by atoms with E-state index in [0.29, 0.717) is 5.92 Å². The molecule has 5 heteroatoms. The lowest BCUT2D eigenvalue weighted by atomic mass is 10.0. The number of hydrogen-bond donors (Lipinski definition) is 1. The molecular formula is C13H23BrN4. The Labute approximate surface area is 118 Å². The SMILES string of the molecule is CC(C)c1nc(Br)cc(NCC(C)(C)N(C)C)n1. The van der Waals surface area contributed by atoms with Crippen molar-refractivity contribution in [3.63, 3.8) is 0 Å². The number of hydrogen-bond acceptors (Lipinski definition) is 4. The fourth-order valence-electron chi connectivity index (χ4n) is 1.25. The van der Waals surface area contributed by atoms with Gasteiger partial charge in [0.25, 0.3) is 0 Å². The van der Waals surface area contributed by atoms with Crippen molar-refractivity contribution in [2.24, 2.45) is 0 Å². The summed E-state index contributed by atoms with van der Waals surface area (Å²) in [5.74, 6) is 2.05. The Morgan fingerprint density at radius 2 is 1.94 bits per heavy atom. The minimum atomic E-state index is 0.0788. The van der Waals surface area contributed by atoms with E-state index in [2.05, 4.69) is 77.9 Å². The van der Waals surface area contributed by atoms with Gasteiger partial charge in [-0.1, -0.05) is 13.8 Å². The molecule has 18 heavy (non-hydrogen) atoms. The number of anilines is 1. The zero-order chi connectivity index (χ0) is 13.9. The van der Waals surface area contributed by atoms with E-state index in [0.717, 1.165) is 22.8 Å². The third-order valence-electron chi connectivity index (χ3n) is 3.14. The predicted octanol–water partition coefficient (Wildman–Crippen LogP) is 3.11. The minimum Gasteiger partial charge on any atom is -0.368 e. The fraction of sp³-hybridized carbons (Fsp3) is 0.692. The highest BCUT2D eigenvalue weighted by Crippen LogP contribution is 2.18. The standard InChI is InChI=1S/C13H23BrN4/c1-9(2)12-16-10(14)7-11(17-12)15-8-13(3,4)18(5)6/h7,9H,8H2,1-6H3,(H,15,16,17). The van der Waals surface area contributed by atoms with E-state index in [-0.39, 0.29) is 5.54 Å². The van der Waals surface area contributed by atoms with Gasteiger partial charge in [-0.05, 0) is 43.9 Å². The lowest BCUT2D eigenvalue weighted by Crippen LogP contribution is -2.44. The van der Waals surface area contributed by atoms with Gasteiger partial charge in [0.1, 0.15) is 16.2 Å². The van der Waals surface area contributed by atoms with Crippen molar-refractivity contribution >= 4 is 21.7 Å². The summed E-state index contributed by atoms with van der Waals surface area (Å²) < 4.78 is 0.825. The number of halogens is 1. The lowest BCUT2D eigenvalue weighted by molar-refractivity contribution is 0.210. The highest BCUT2D eigenvalue weighted by molar-refractivity contribution is 9.10. The summed E-state index contributed by atoms with van der Waals surface area (Å²) in [6.07, 6.45) is 0. The van der Waals surface area contributed by atoms with Gasteiger partial charge in [0.05, 0.1) is 0 Å². The minimum absolute atomic E-state index is 0.0788. The molecule has 0 aliphatic heterocycles. The summed E-state index contributed by atoms with van der Waals surface area (Å²) in [5, 5.41) is 3.38. The third kappa shape index (κ3) is 4.21. The lowest BCUT2D eigenvalue weighted by Gasteiger charge is -2.32. The molecule has 0 aliphatic rings. The molecule has 0 atom stereocenters. The quantitative estimate of drug-likeness (QED) is 0.848. The Morgan fingerprint density at radius 1 is 1.33 bits per heavy atom. The number of aromatic nitrogens is 2. The molecule has 0 saturated carbocycles. The van der Waals surface area contributed by atoms with E-state index in [4.69, 9.17) is 0 Å². The first kappa shape index (κ1) is 15.4. The molecule has 0 spiro atoms. The number of rotatable bonds is 5. The zero-order valence-corrected chi connectivity index (χ0v) is 13.7. The van der Waals surface area contributed by atoms with Crippen LogP contribution in [-0.4, -0.2) is 41.0 Å². The molecule has 0 aliphatic carbocycles. The highest BCUT2D eigenvalue weighted by Gasteiger charge is 2.20. The van der Waals surface area contributed by atoms with E-state index >= 15 is 0 Å². The first-order valence-corrected chi connectivity index (χ1v) is 6.97. The molecule has 0 amide bonds. The van der Waals surface area contributed by atoms with E-state index in [1.54, 1.807) is 0 Å². The smallest absolute Gasteiger partial charge is 0.134 e. The maximum absolute atomic E-state index is 4.52. The van der Waals surface area contributed by atoms with E-state index in [9.17, 15) is 0 Å². The first-order chi connectivity index (χ1) is 8.22. The van der Waals surface area contributed by atoms with Crippen LogP contribution in [-0.2, 0) is 0 Å². The summed E-state index contributed by atoms with van der Waals surface area (Å²) in [7, 11) is 4.16. The van der Waals surface area contributed by atoms with Crippen molar-refractivity contribution in [2.75, 3.05) is 26.0 Å². The van der Waals surface area contributed by atoms with Crippen LogP contribution in [0.5, 0.6) is 0 Å². The molecule has 1 rings (SSSR count). The summed E-state index contributed by atoms with van der Waals surface area (Å²) in [5.41, 5.74) is 0.0788. The van der Waals surface area contributed by atoms with E-state index in [1.165, 1.54) is 0 Å². The molecule has 0 saturated heterocycles. The van der Waals surface area contributed by atoms with Crippen molar-refractivity contribution in [1.82, 2.24) is 14.9 Å². The Hall–Kier alpha value is -0.680. The Morgan fingerprint density at radius 3 is 2.44 bits per heavy atom. The molecule has 1 aromatic heterocycles. The van der Waals surface area contributed by atoms with Crippen LogP contribution in [0.2, 0.25) is 0 Å². The molecule has 102 valence electrons.